The molecule has 0 aromatic heterocycles. The summed E-state index contributed by atoms with van der Waals surface area (Å²) >= 11 is 0. The van der Waals surface area contributed by atoms with E-state index >= 15 is 0 Å². The molecule has 1 rings (SSSR count). The molecule has 0 aromatic rings. The second-order valence-corrected chi connectivity index (χ2v) is 4.42. The van der Waals surface area contributed by atoms with Crippen molar-refractivity contribution in [1.82, 2.24) is 4.90 Å². The summed E-state index contributed by atoms with van der Waals surface area (Å²) in [6.45, 7) is 7.69. The van der Waals surface area contributed by atoms with E-state index in [4.69, 9.17) is 4.74 Å². The molecular weight excluding hydrogens is 226 g/mol. The van der Waals surface area contributed by atoms with Gasteiger partial charge in [0.25, 0.3) is 0 Å². The predicted molar refractivity (Wildman–Crippen MR) is 68.0 cm³/mol. The lowest BCUT2D eigenvalue weighted by Gasteiger charge is -2.38. The quantitative estimate of drug-likeness (QED) is 0.718. The van der Waals surface area contributed by atoms with Crippen LogP contribution in [-0.2, 0) is 9.53 Å². The Bertz CT molecular complexity index is 201. The Morgan fingerprint density at radius 1 is 1.31 bits per heavy atom. The monoisotopic (exact) mass is 249 g/mol. The highest BCUT2D eigenvalue weighted by Crippen LogP contribution is 2.22. The summed E-state index contributed by atoms with van der Waals surface area (Å²) in [5, 5.41) is 0. The smallest absolute Gasteiger partial charge is 0.307 e. The fourth-order valence-corrected chi connectivity index (χ4v) is 2.37. The summed E-state index contributed by atoms with van der Waals surface area (Å²) in [6.07, 6.45) is 4.36. The minimum atomic E-state index is -0.0672. The van der Waals surface area contributed by atoms with Crippen molar-refractivity contribution in [2.45, 2.75) is 58.5 Å². The number of likely N-dealkylation sites (tertiary alicyclic amines) is 1. The molecule has 1 saturated heterocycles. The number of nitrogens with zero attached hydrogens (tertiary/aromatic N) is 1. The molecule has 96 valence electrons. The second-order valence-electron chi connectivity index (χ2n) is 4.42. The first-order chi connectivity index (χ1) is 7.15. The van der Waals surface area contributed by atoms with Crippen molar-refractivity contribution < 1.29 is 9.53 Å². The molecule has 0 spiro atoms. The van der Waals surface area contributed by atoms with Crippen molar-refractivity contribution in [3.8, 4) is 0 Å². The molecule has 0 radical (unpaired) electrons. The molecular formula is C12H24ClNO2. The zero-order chi connectivity index (χ0) is 11.3. The number of esters is 1. The topological polar surface area (TPSA) is 29.5 Å². The Morgan fingerprint density at radius 3 is 2.38 bits per heavy atom. The van der Waals surface area contributed by atoms with Gasteiger partial charge in [0.05, 0.1) is 13.0 Å². The fraction of sp³-hybridized carbons (Fsp3) is 0.917. The van der Waals surface area contributed by atoms with Gasteiger partial charge in [-0.2, -0.15) is 0 Å². The third-order valence-electron chi connectivity index (χ3n) is 3.26. The van der Waals surface area contributed by atoms with E-state index in [1.165, 1.54) is 19.3 Å². The van der Waals surface area contributed by atoms with Crippen LogP contribution in [0.4, 0.5) is 0 Å². The van der Waals surface area contributed by atoms with E-state index in [0.29, 0.717) is 25.1 Å². The average molecular weight is 250 g/mol. The van der Waals surface area contributed by atoms with Crippen molar-refractivity contribution in [2.75, 3.05) is 13.2 Å². The van der Waals surface area contributed by atoms with Crippen LogP contribution in [0.15, 0.2) is 0 Å². The van der Waals surface area contributed by atoms with Crippen LogP contribution >= 0.6 is 12.4 Å². The SMILES string of the molecule is CCOC(=O)CCN1C(C)CCCC1C.Cl. The third-order valence-corrected chi connectivity index (χ3v) is 3.26. The number of rotatable bonds is 4. The van der Waals surface area contributed by atoms with Gasteiger partial charge in [0.1, 0.15) is 0 Å². The first kappa shape index (κ1) is 15.7. The normalized spacial score (nSPS) is 25.9. The zero-order valence-corrected chi connectivity index (χ0v) is 11.4. The lowest BCUT2D eigenvalue weighted by molar-refractivity contribution is -0.143. The van der Waals surface area contributed by atoms with Gasteiger partial charge >= 0.3 is 5.97 Å². The van der Waals surface area contributed by atoms with Crippen LogP contribution in [0.5, 0.6) is 0 Å². The van der Waals surface area contributed by atoms with E-state index in [1.807, 2.05) is 6.92 Å². The average Bonchev–Trinajstić information content (AvgIpc) is 2.17. The van der Waals surface area contributed by atoms with Gasteiger partial charge in [0.2, 0.25) is 0 Å². The van der Waals surface area contributed by atoms with Crippen molar-refractivity contribution >= 4 is 18.4 Å². The van der Waals surface area contributed by atoms with Crippen molar-refractivity contribution in [3.63, 3.8) is 0 Å². The van der Waals surface area contributed by atoms with E-state index < -0.39 is 0 Å². The van der Waals surface area contributed by atoms with Crippen LogP contribution in [0, 0.1) is 0 Å². The Labute approximate surface area is 105 Å². The minimum Gasteiger partial charge on any atom is -0.466 e. The number of ether oxygens (including phenoxy) is 1. The van der Waals surface area contributed by atoms with Crippen LogP contribution in [0.25, 0.3) is 0 Å². The first-order valence-electron chi connectivity index (χ1n) is 6.06. The summed E-state index contributed by atoms with van der Waals surface area (Å²) in [5.74, 6) is -0.0672. The number of piperidine rings is 1. The van der Waals surface area contributed by atoms with E-state index in [9.17, 15) is 4.79 Å². The highest BCUT2D eigenvalue weighted by Gasteiger charge is 2.24. The van der Waals surface area contributed by atoms with Crippen molar-refractivity contribution in [2.24, 2.45) is 0 Å². The molecule has 2 unspecified atom stereocenters. The molecule has 2 atom stereocenters. The Hall–Kier alpha value is -0.280. The molecule has 1 fully saturated rings. The minimum absolute atomic E-state index is 0. The summed E-state index contributed by atoms with van der Waals surface area (Å²) < 4.78 is 4.94. The predicted octanol–water partition coefficient (Wildman–Crippen LogP) is 2.62. The molecule has 1 heterocycles. The molecule has 3 nitrogen and oxygen atoms in total. The number of halogens is 1. The van der Waals surface area contributed by atoms with Gasteiger partial charge in [-0.25, -0.2) is 0 Å². The van der Waals surface area contributed by atoms with Gasteiger partial charge in [-0.1, -0.05) is 6.42 Å². The molecule has 1 aliphatic rings. The van der Waals surface area contributed by atoms with Crippen LogP contribution < -0.4 is 0 Å². The van der Waals surface area contributed by atoms with Gasteiger partial charge in [-0.15, -0.1) is 12.4 Å². The lowest BCUT2D eigenvalue weighted by atomic mass is 9.97. The lowest BCUT2D eigenvalue weighted by Crippen LogP contribution is -2.44. The third kappa shape index (κ3) is 4.71. The summed E-state index contributed by atoms with van der Waals surface area (Å²) in [5.41, 5.74) is 0. The van der Waals surface area contributed by atoms with Gasteiger partial charge in [0, 0.05) is 18.6 Å². The molecule has 0 bridgehead atoms. The maximum absolute atomic E-state index is 11.3. The molecule has 0 aliphatic carbocycles. The number of hydrogen-bond acceptors (Lipinski definition) is 3. The van der Waals surface area contributed by atoms with Gasteiger partial charge in [0.15, 0.2) is 0 Å². The molecule has 0 aromatic carbocycles. The van der Waals surface area contributed by atoms with Gasteiger partial charge < -0.3 is 4.74 Å². The Morgan fingerprint density at radius 2 is 1.88 bits per heavy atom. The first-order valence-corrected chi connectivity index (χ1v) is 6.06. The van der Waals surface area contributed by atoms with E-state index in [-0.39, 0.29) is 18.4 Å². The Balaban J connectivity index is 0.00000225. The van der Waals surface area contributed by atoms with Crippen LogP contribution in [0.3, 0.4) is 0 Å². The fourth-order valence-electron chi connectivity index (χ4n) is 2.37. The summed E-state index contributed by atoms with van der Waals surface area (Å²) in [4.78, 5) is 13.7. The van der Waals surface area contributed by atoms with Crippen LogP contribution in [0.2, 0.25) is 0 Å². The maximum atomic E-state index is 11.3. The Kier molecular flexibility index (Phi) is 7.77. The van der Waals surface area contributed by atoms with E-state index in [2.05, 4.69) is 18.7 Å². The molecule has 0 amide bonds. The zero-order valence-electron chi connectivity index (χ0n) is 10.6. The number of carbonyl (C=O) groups excluding carboxylic acids is 1. The largest absolute Gasteiger partial charge is 0.466 e. The number of carbonyl (C=O) groups is 1. The molecule has 0 saturated carbocycles. The molecule has 4 heteroatoms. The maximum Gasteiger partial charge on any atom is 0.307 e. The van der Waals surface area contributed by atoms with Crippen LogP contribution in [0.1, 0.15) is 46.5 Å². The van der Waals surface area contributed by atoms with E-state index in [1.54, 1.807) is 0 Å². The second kappa shape index (κ2) is 7.91. The summed E-state index contributed by atoms with van der Waals surface area (Å²) in [6, 6.07) is 1.23. The van der Waals surface area contributed by atoms with Crippen molar-refractivity contribution in [1.29, 1.82) is 0 Å². The van der Waals surface area contributed by atoms with Crippen LogP contribution in [-0.4, -0.2) is 36.1 Å². The molecule has 1 aliphatic heterocycles. The summed E-state index contributed by atoms with van der Waals surface area (Å²) in [7, 11) is 0. The molecule has 0 N–H and O–H groups in total. The number of hydrogen-bond donors (Lipinski definition) is 0. The standard InChI is InChI=1S/C12H23NO2.ClH/c1-4-15-12(14)8-9-13-10(2)6-5-7-11(13)3;/h10-11H,4-9H2,1-3H3;1H. The van der Waals surface area contributed by atoms with Gasteiger partial charge in [-0.05, 0) is 33.6 Å². The highest BCUT2D eigenvalue weighted by molar-refractivity contribution is 5.85. The van der Waals surface area contributed by atoms with Gasteiger partial charge in [-0.3, -0.25) is 9.69 Å². The molecule has 16 heavy (non-hydrogen) atoms. The highest BCUT2D eigenvalue weighted by atomic mass is 35.5. The van der Waals surface area contributed by atoms with Crippen molar-refractivity contribution in [3.05, 3.63) is 0 Å². The van der Waals surface area contributed by atoms with E-state index in [0.717, 1.165) is 6.54 Å².